The van der Waals surface area contributed by atoms with Crippen LogP contribution in [0.25, 0.3) is 22.4 Å². The van der Waals surface area contributed by atoms with Crippen molar-refractivity contribution in [2.24, 2.45) is 7.05 Å². The summed E-state index contributed by atoms with van der Waals surface area (Å²) < 4.78 is 3.02. The summed E-state index contributed by atoms with van der Waals surface area (Å²) in [4.78, 5) is 32.1. The van der Waals surface area contributed by atoms with Gasteiger partial charge < -0.3 is 10.3 Å². The second-order valence-corrected chi connectivity index (χ2v) is 5.98. The zero-order chi connectivity index (χ0) is 18.1. The zero-order valence-electron chi connectivity index (χ0n) is 14.1. The van der Waals surface area contributed by atoms with E-state index in [1.807, 2.05) is 42.5 Å². The largest absolute Gasteiger partial charge is 0.345 e. The summed E-state index contributed by atoms with van der Waals surface area (Å²) in [6, 6.07) is 14.8. The highest BCUT2D eigenvalue weighted by molar-refractivity contribution is 5.92. The highest BCUT2D eigenvalue weighted by Gasteiger charge is 2.13. The first kappa shape index (κ1) is 15.9. The third-order valence-electron chi connectivity index (χ3n) is 4.27. The molecule has 0 saturated carbocycles. The summed E-state index contributed by atoms with van der Waals surface area (Å²) in [6.07, 6.45) is 3.42. The predicted molar refractivity (Wildman–Crippen MR) is 99.8 cm³/mol. The number of amides is 1. The van der Waals surface area contributed by atoms with E-state index in [2.05, 4.69) is 15.3 Å². The summed E-state index contributed by atoms with van der Waals surface area (Å²) in [7, 11) is 1.70. The van der Waals surface area contributed by atoms with Gasteiger partial charge in [0.2, 0.25) is 5.91 Å². The summed E-state index contributed by atoms with van der Waals surface area (Å²) in [5.74, 6) is 0.464. The predicted octanol–water partition coefficient (Wildman–Crippen LogP) is 2.37. The molecule has 2 N–H and O–H groups in total. The maximum atomic E-state index is 12.5. The van der Waals surface area contributed by atoms with Gasteiger partial charge >= 0.3 is 5.69 Å². The van der Waals surface area contributed by atoms with Crippen LogP contribution in [-0.2, 0) is 18.4 Å². The smallest absolute Gasteiger partial charge is 0.329 e. The standard InChI is InChI=1S/C19H17N5O2/c1-23-15-7-2-3-8-16(15)24(19(23)26)12-17(25)22-14-6-4-5-13(11-14)18-20-9-10-21-18/h2-11H,12H2,1H3,(H,20,21)(H,22,25). The maximum Gasteiger partial charge on any atom is 0.329 e. The second kappa shape index (κ2) is 6.36. The third-order valence-corrected chi connectivity index (χ3v) is 4.27. The van der Waals surface area contributed by atoms with E-state index in [1.165, 1.54) is 4.57 Å². The van der Waals surface area contributed by atoms with E-state index in [9.17, 15) is 9.59 Å². The van der Waals surface area contributed by atoms with Crippen LogP contribution in [0.3, 0.4) is 0 Å². The Kier molecular flexibility index (Phi) is 3.89. The lowest BCUT2D eigenvalue weighted by molar-refractivity contribution is -0.116. The number of carbonyl (C=O) groups excluding carboxylic acids is 1. The highest BCUT2D eigenvalue weighted by Crippen LogP contribution is 2.19. The topological polar surface area (TPSA) is 84.7 Å². The van der Waals surface area contributed by atoms with Gasteiger partial charge in [0.25, 0.3) is 0 Å². The van der Waals surface area contributed by atoms with E-state index in [0.717, 1.165) is 22.4 Å². The lowest BCUT2D eigenvalue weighted by Gasteiger charge is -2.07. The van der Waals surface area contributed by atoms with E-state index in [0.29, 0.717) is 5.69 Å². The number of fused-ring (bicyclic) bond motifs is 1. The number of para-hydroxylation sites is 2. The van der Waals surface area contributed by atoms with Crippen LogP contribution in [0.4, 0.5) is 5.69 Å². The molecule has 0 aliphatic carbocycles. The molecule has 2 aromatic carbocycles. The molecule has 1 amide bonds. The molecular formula is C19H17N5O2. The summed E-state index contributed by atoms with van der Waals surface area (Å²) >= 11 is 0. The number of nitrogens with zero attached hydrogens (tertiary/aromatic N) is 3. The Labute approximate surface area is 148 Å². The molecule has 0 fully saturated rings. The van der Waals surface area contributed by atoms with Crippen molar-refractivity contribution in [1.29, 1.82) is 0 Å². The molecule has 4 rings (SSSR count). The molecule has 7 nitrogen and oxygen atoms in total. The number of aromatic nitrogens is 4. The van der Waals surface area contributed by atoms with E-state index in [1.54, 1.807) is 30.1 Å². The molecule has 0 atom stereocenters. The number of nitrogens with one attached hydrogen (secondary N) is 2. The highest BCUT2D eigenvalue weighted by atomic mass is 16.2. The van der Waals surface area contributed by atoms with Gasteiger partial charge in [-0.25, -0.2) is 9.78 Å². The van der Waals surface area contributed by atoms with Crippen molar-refractivity contribution in [2.75, 3.05) is 5.32 Å². The summed E-state index contributed by atoms with van der Waals surface area (Å²) in [5.41, 5.74) is 2.84. The van der Waals surface area contributed by atoms with Crippen molar-refractivity contribution in [3.63, 3.8) is 0 Å². The van der Waals surface area contributed by atoms with Crippen molar-refractivity contribution in [2.45, 2.75) is 6.54 Å². The van der Waals surface area contributed by atoms with Gasteiger partial charge in [-0.2, -0.15) is 0 Å². The first-order valence-electron chi connectivity index (χ1n) is 8.17. The molecule has 0 aliphatic rings. The van der Waals surface area contributed by atoms with Gasteiger partial charge in [-0.3, -0.25) is 13.9 Å². The first-order valence-corrected chi connectivity index (χ1v) is 8.17. The van der Waals surface area contributed by atoms with Crippen LogP contribution >= 0.6 is 0 Å². The molecule has 0 radical (unpaired) electrons. The van der Waals surface area contributed by atoms with Gasteiger partial charge in [0.1, 0.15) is 12.4 Å². The molecular weight excluding hydrogens is 330 g/mol. The Morgan fingerprint density at radius 3 is 2.73 bits per heavy atom. The fourth-order valence-corrected chi connectivity index (χ4v) is 3.03. The number of aryl methyl sites for hydroxylation is 1. The molecule has 2 heterocycles. The number of anilines is 1. The number of rotatable bonds is 4. The van der Waals surface area contributed by atoms with Gasteiger partial charge in [0.15, 0.2) is 0 Å². The molecule has 2 aromatic heterocycles. The molecule has 0 saturated heterocycles. The number of hydrogen-bond acceptors (Lipinski definition) is 3. The normalized spacial score (nSPS) is 11.0. The number of benzene rings is 2. The van der Waals surface area contributed by atoms with Gasteiger partial charge in [0.05, 0.1) is 11.0 Å². The molecule has 130 valence electrons. The van der Waals surface area contributed by atoms with Crippen molar-refractivity contribution in [3.8, 4) is 11.4 Å². The Morgan fingerprint density at radius 2 is 1.96 bits per heavy atom. The van der Waals surface area contributed by atoms with Crippen LogP contribution in [0.5, 0.6) is 0 Å². The summed E-state index contributed by atoms with van der Waals surface area (Å²) in [6.45, 7) is -0.0504. The number of hydrogen-bond donors (Lipinski definition) is 2. The molecule has 0 spiro atoms. The maximum absolute atomic E-state index is 12.5. The fourth-order valence-electron chi connectivity index (χ4n) is 3.03. The zero-order valence-corrected chi connectivity index (χ0v) is 14.1. The van der Waals surface area contributed by atoms with Crippen LogP contribution in [0.2, 0.25) is 0 Å². The minimum Gasteiger partial charge on any atom is -0.345 e. The molecule has 7 heteroatoms. The molecule has 0 bridgehead atoms. The van der Waals surface area contributed by atoms with Gasteiger partial charge in [-0.15, -0.1) is 0 Å². The fraction of sp³-hybridized carbons (Fsp3) is 0.105. The molecule has 0 unspecified atom stereocenters. The Bertz CT molecular complexity index is 1140. The van der Waals surface area contributed by atoms with Crippen molar-refractivity contribution < 1.29 is 4.79 Å². The van der Waals surface area contributed by atoms with Crippen molar-refractivity contribution in [1.82, 2.24) is 19.1 Å². The molecule has 0 aliphatic heterocycles. The monoisotopic (exact) mass is 347 g/mol. The van der Waals surface area contributed by atoms with Crippen LogP contribution in [0.15, 0.2) is 65.7 Å². The van der Waals surface area contributed by atoms with Gasteiger partial charge in [-0.1, -0.05) is 24.3 Å². The Morgan fingerprint density at radius 1 is 1.15 bits per heavy atom. The van der Waals surface area contributed by atoms with Crippen molar-refractivity contribution >= 4 is 22.6 Å². The van der Waals surface area contributed by atoms with Crippen LogP contribution in [0.1, 0.15) is 0 Å². The third kappa shape index (κ3) is 2.79. The summed E-state index contributed by atoms with van der Waals surface area (Å²) in [5, 5.41) is 2.84. The number of aromatic amines is 1. The van der Waals surface area contributed by atoms with Gasteiger partial charge in [0, 0.05) is 30.7 Å². The lowest BCUT2D eigenvalue weighted by atomic mass is 10.2. The average Bonchev–Trinajstić information content (AvgIpc) is 3.26. The van der Waals surface area contributed by atoms with E-state index in [-0.39, 0.29) is 18.1 Å². The Hall–Kier alpha value is -3.61. The average molecular weight is 347 g/mol. The van der Waals surface area contributed by atoms with Crippen LogP contribution < -0.4 is 11.0 Å². The van der Waals surface area contributed by atoms with E-state index in [4.69, 9.17) is 0 Å². The number of imidazole rings is 2. The van der Waals surface area contributed by atoms with Crippen LogP contribution in [0, 0.1) is 0 Å². The van der Waals surface area contributed by atoms with E-state index >= 15 is 0 Å². The SMILES string of the molecule is Cn1c(=O)n(CC(=O)Nc2cccc(-c3ncc[nH]3)c2)c2ccccc21. The second-order valence-electron chi connectivity index (χ2n) is 5.98. The number of H-pyrrole nitrogens is 1. The quantitative estimate of drug-likeness (QED) is 0.594. The minimum absolute atomic E-state index is 0.0504. The molecule has 26 heavy (non-hydrogen) atoms. The number of carbonyl (C=O) groups is 1. The first-order chi connectivity index (χ1) is 12.6. The minimum atomic E-state index is -0.264. The van der Waals surface area contributed by atoms with Crippen LogP contribution in [-0.4, -0.2) is 25.0 Å². The van der Waals surface area contributed by atoms with E-state index < -0.39 is 0 Å². The van der Waals surface area contributed by atoms with Gasteiger partial charge in [-0.05, 0) is 24.3 Å². The lowest BCUT2D eigenvalue weighted by Crippen LogP contribution is -2.28. The van der Waals surface area contributed by atoms with Crippen molar-refractivity contribution in [3.05, 3.63) is 71.4 Å². The molecule has 4 aromatic rings. The Balaban J connectivity index is 1.58.